The van der Waals surface area contributed by atoms with Gasteiger partial charge < -0.3 is 19.0 Å². The van der Waals surface area contributed by atoms with Crippen molar-refractivity contribution >= 4 is 15.7 Å². The van der Waals surface area contributed by atoms with Crippen LogP contribution in [0.2, 0.25) is 5.04 Å². The molecule has 29 heavy (non-hydrogen) atoms. The molecule has 6 heteroatoms. The molecule has 0 bridgehead atoms. The van der Waals surface area contributed by atoms with E-state index in [-0.39, 0.29) is 17.3 Å². The van der Waals surface area contributed by atoms with Gasteiger partial charge in [0.1, 0.15) is 0 Å². The van der Waals surface area contributed by atoms with E-state index >= 15 is 0 Å². The minimum atomic E-state index is -0.739. The molecule has 1 N–H and O–H groups in total. The molecule has 5 nitrogen and oxygen atoms in total. The number of allylic oxidation sites excluding steroid dienone is 1. The van der Waals surface area contributed by atoms with Gasteiger partial charge in [0, 0.05) is 24.9 Å². The van der Waals surface area contributed by atoms with Crippen molar-refractivity contribution in [2.24, 2.45) is 16.7 Å². The number of aliphatic carboxylic acids is 1. The third-order valence-corrected chi connectivity index (χ3v) is 8.90. The van der Waals surface area contributed by atoms with Gasteiger partial charge in [-0.2, -0.15) is 0 Å². The number of carboxylic acids is 1. The Morgan fingerprint density at radius 2 is 1.86 bits per heavy atom. The fourth-order valence-corrected chi connectivity index (χ4v) is 5.18. The molecule has 1 saturated carbocycles. The van der Waals surface area contributed by atoms with Crippen LogP contribution in [-0.4, -0.2) is 46.4 Å². The van der Waals surface area contributed by atoms with E-state index in [2.05, 4.69) is 53.7 Å². The topological polar surface area (TPSA) is 65.0 Å². The van der Waals surface area contributed by atoms with Gasteiger partial charge in [-0.25, -0.2) is 0 Å². The van der Waals surface area contributed by atoms with Gasteiger partial charge in [-0.05, 0) is 35.6 Å². The molecule has 0 aromatic carbocycles. The standard InChI is InChI=1S/C23H42O5Si/c1-18(2)21(5,6)29-28-13-9-7-8-10-22(14-19(24)25)11-12-23(15-22)26-16-20(3,4)17-27-23/h7-8,18H,9-17,29H2,1-6H3,(H,24,25)/b8-7-. The first-order valence-corrected chi connectivity index (χ1v) is 12.4. The summed E-state index contributed by atoms with van der Waals surface area (Å²) in [5.41, 5.74) is -0.254. The summed E-state index contributed by atoms with van der Waals surface area (Å²) < 4.78 is 18.3. The summed E-state index contributed by atoms with van der Waals surface area (Å²) in [6.45, 7) is 15.5. The molecule has 1 saturated heterocycles. The highest BCUT2D eigenvalue weighted by molar-refractivity contribution is 6.32. The first-order chi connectivity index (χ1) is 13.4. The van der Waals surface area contributed by atoms with Crippen molar-refractivity contribution in [1.29, 1.82) is 0 Å². The Bertz CT molecular complexity index is 574. The van der Waals surface area contributed by atoms with E-state index in [1.54, 1.807) is 0 Å². The van der Waals surface area contributed by atoms with Gasteiger partial charge in [-0.15, -0.1) is 0 Å². The summed E-state index contributed by atoms with van der Waals surface area (Å²) in [6.07, 6.45) is 8.38. The normalized spacial score (nSPS) is 27.0. The fourth-order valence-electron chi connectivity index (χ4n) is 4.01. The lowest BCUT2D eigenvalue weighted by Gasteiger charge is -2.42. The van der Waals surface area contributed by atoms with Crippen LogP contribution in [0.4, 0.5) is 0 Å². The second kappa shape index (κ2) is 9.63. The van der Waals surface area contributed by atoms with Gasteiger partial charge in [-0.3, -0.25) is 4.79 Å². The van der Waals surface area contributed by atoms with Crippen molar-refractivity contribution < 1.29 is 23.8 Å². The predicted octanol–water partition coefficient (Wildman–Crippen LogP) is 4.69. The Balaban J connectivity index is 1.83. The molecule has 0 aromatic rings. The summed E-state index contributed by atoms with van der Waals surface area (Å²) >= 11 is 0. The molecular weight excluding hydrogens is 384 g/mol. The Labute approximate surface area is 179 Å². The fraction of sp³-hybridized carbons (Fsp3) is 0.870. The maximum absolute atomic E-state index is 11.5. The molecule has 1 aliphatic heterocycles. The Kier molecular flexibility index (Phi) is 8.16. The highest BCUT2D eigenvalue weighted by Gasteiger charge is 2.52. The van der Waals surface area contributed by atoms with Crippen molar-refractivity contribution in [2.75, 3.05) is 19.8 Å². The lowest BCUT2D eigenvalue weighted by molar-refractivity contribution is -0.298. The molecule has 0 amide bonds. The van der Waals surface area contributed by atoms with Crippen LogP contribution in [0.15, 0.2) is 12.2 Å². The zero-order valence-electron chi connectivity index (χ0n) is 19.4. The molecule has 1 aliphatic carbocycles. The summed E-state index contributed by atoms with van der Waals surface area (Å²) in [5.74, 6) is -0.683. The summed E-state index contributed by atoms with van der Waals surface area (Å²) in [6, 6.07) is 0. The second-order valence-electron chi connectivity index (χ2n) is 11.1. The van der Waals surface area contributed by atoms with Gasteiger partial charge in [-0.1, -0.05) is 53.7 Å². The maximum atomic E-state index is 11.5. The molecule has 0 aromatic heterocycles. The number of carbonyl (C=O) groups is 1. The van der Waals surface area contributed by atoms with Crippen molar-refractivity contribution in [3.8, 4) is 0 Å². The molecule has 0 radical (unpaired) electrons. The highest BCUT2D eigenvalue weighted by Crippen LogP contribution is 2.53. The molecule has 2 fully saturated rings. The van der Waals surface area contributed by atoms with Crippen molar-refractivity contribution in [3.63, 3.8) is 0 Å². The van der Waals surface area contributed by atoms with Crippen LogP contribution in [0.25, 0.3) is 0 Å². The summed E-state index contributed by atoms with van der Waals surface area (Å²) in [5, 5.41) is 9.80. The number of rotatable bonds is 10. The van der Waals surface area contributed by atoms with E-state index in [4.69, 9.17) is 13.9 Å². The molecule has 1 atom stereocenters. The first-order valence-electron chi connectivity index (χ1n) is 11.1. The Hall–Kier alpha value is -0.693. The van der Waals surface area contributed by atoms with Gasteiger partial charge in [0.2, 0.25) is 0 Å². The predicted molar refractivity (Wildman–Crippen MR) is 119 cm³/mol. The maximum Gasteiger partial charge on any atom is 0.303 e. The van der Waals surface area contributed by atoms with Crippen molar-refractivity contribution in [1.82, 2.24) is 0 Å². The highest BCUT2D eigenvalue weighted by atomic mass is 28.2. The summed E-state index contributed by atoms with van der Waals surface area (Å²) in [4.78, 5) is 11.5. The van der Waals surface area contributed by atoms with Crippen LogP contribution in [0, 0.1) is 16.7 Å². The monoisotopic (exact) mass is 426 g/mol. The number of hydrogen-bond acceptors (Lipinski definition) is 4. The van der Waals surface area contributed by atoms with E-state index in [9.17, 15) is 9.90 Å². The van der Waals surface area contributed by atoms with Crippen LogP contribution in [0.3, 0.4) is 0 Å². The average molecular weight is 427 g/mol. The van der Waals surface area contributed by atoms with Crippen LogP contribution < -0.4 is 0 Å². The second-order valence-corrected chi connectivity index (χ2v) is 13.6. The average Bonchev–Trinajstić information content (AvgIpc) is 2.95. The molecule has 168 valence electrons. The van der Waals surface area contributed by atoms with Gasteiger partial charge in [0.05, 0.1) is 19.6 Å². The van der Waals surface area contributed by atoms with Crippen LogP contribution in [0.5, 0.6) is 0 Å². The Morgan fingerprint density at radius 1 is 1.21 bits per heavy atom. The molecule has 1 unspecified atom stereocenters. The van der Waals surface area contributed by atoms with E-state index in [1.165, 1.54) is 0 Å². The molecule has 2 rings (SSSR count). The van der Waals surface area contributed by atoms with Gasteiger partial charge in [0.25, 0.3) is 0 Å². The van der Waals surface area contributed by atoms with Crippen LogP contribution in [0.1, 0.15) is 80.1 Å². The number of carboxylic acid groups (broad SMARTS) is 1. The number of hydrogen-bond donors (Lipinski definition) is 1. The van der Waals surface area contributed by atoms with Gasteiger partial charge >= 0.3 is 5.97 Å². The smallest absolute Gasteiger partial charge is 0.303 e. The molecular formula is C23H42O5Si. The molecule has 2 aliphatic rings. The van der Waals surface area contributed by atoms with Gasteiger partial charge in [0.15, 0.2) is 15.6 Å². The summed E-state index contributed by atoms with van der Waals surface area (Å²) in [7, 11) is -0.555. The minimum Gasteiger partial charge on any atom is -0.481 e. The SMILES string of the molecule is CC(C)C(C)(C)[SiH2]OCC/C=C\CC1(CC(=O)O)CCC2(C1)OCC(C)(C)CO2. The lowest BCUT2D eigenvalue weighted by atomic mass is 9.79. The van der Waals surface area contributed by atoms with E-state index < -0.39 is 21.5 Å². The third-order valence-electron chi connectivity index (χ3n) is 6.84. The van der Waals surface area contributed by atoms with E-state index in [0.29, 0.717) is 30.6 Å². The Morgan fingerprint density at radius 3 is 2.45 bits per heavy atom. The van der Waals surface area contributed by atoms with E-state index in [1.807, 2.05) is 0 Å². The zero-order chi connectivity index (χ0) is 21.8. The van der Waals surface area contributed by atoms with Crippen molar-refractivity contribution in [3.05, 3.63) is 12.2 Å². The minimum absolute atomic E-state index is 0.0245. The first kappa shape index (κ1) is 24.6. The third kappa shape index (κ3) is 7.19. The van der Waals surface area contributed by atoms with Crippen LogP contribution in [-0.2, 0) is 18.7 Å². The van der Waals surface area contributed by atoms with E-state index in [0.717, 1.165) is 32.3 Å². The number of ether oxygens (including phenoxy) is 2. The van der Waals surface area contributed by atoms with Crippen LogP contribution >= 0.6 is 0 Å². The zero-order valence-corrected chi connectivity index (χ0v) is 20.8. The quantitative estimate of drug-likeness (QED) is 0.312. The lowest BCUT2D eigenvalue weighted by Crippen LogP contribution is -2.46. The molecule has 1 spiro atoms. The largest absolute Gasteiger partial charge is 0.481 e. The van der Waals surface area contributed by atoms with Crippen molar-refractivity contribution in [2.45, 2.75) is 90.9 Å². The molecule has 1 heterocycles.